The first-order chi connectivity index (χ1) is 7.65. The van der Waals surface area contributed by atoms with E-state index in [-0.39, 0.29) is 0 Å². The van der Waals surface area contributed by atoms with Crippen LogP contribution in [0.5, 0.6) is 11.5 Å². The van der Waals surface area contributed by atoms with Gasteiger partial charge in [-0.25, -0.2) is 0 Å². The van der Waals surface area contributed by atoms with Gasteiger partial charge in [-0.1, -0.05) is 12.2 Å². The summed E-state index contributed by atoms with van der Waals surface area (Å²) in [6.45, 7) is 4.59. The van der Waals surface area contributed by atoms with Crippen molar-refractivity contribution in [2.75, 3.05) is 20.8 Å². The summed E-state index contributed by atoms with van der Waals surface area (Å²) in [5.41, 5.74) is 8.72. The molecule has 0 aliphatic rings. The monoisotopic (exact) mass is 221 g/mol. The van der Waals surface area contributed by atoms with Crippen molar-refractivity contribution in [2.24, 2.45) is 5.73 Å². The first kappa shape index (κ1) is 12.6. The number of hydrogen-bond acceptors (Lipinski definition) is 3. The van der Waals surface area contributed by atoms with Crippen LogP contribution in [0.3, 0.4) is 0 Å². The van der Waals surface area contributed by atoms with E-state index < -0.39 is 0 Å². The molecule has 3 nitrogen and oxygen atoms in total. The van der Waals surface area contributed by atoms with Crippen LogP contribution in [0.25, 0.3) is 6.08 Å². The van der Waals surface area contributed by atoms with Crippen LogP contribution >= 0.6 is 0 Å². The van der Waals surface area contributed by atoms with E-state index in [2.05, 4.69) is 13.0 Å². The molecule has 0 saturated carbocycles. The lowest BCUT2D eigenvalue weighted by atomic mass is 10.0. The van der Waals surface area contributed by atoms with Crippen molar-refractivity contribution in [2.45, 2.75) is 13.8 Å². The molecule has 88 valence electrons. The van der Waals surface area contributed by atoms with Gasteiger partial charge in [0.05, 0.1) is 14.2 Å². The molecule has 0 spiro atoms. The van der Waals surface area contributed by atoms with Gasteiger partial charge < -0.3 is 15.2 Å². The Kier molecular flexibility index (Phi) is 4.38. The number of ether oxygens (including phenoxy) is 2. The lowest BCUT2D eigenvalue weighted by Crippen LogP contribution is -1.98. The minimum absolute atomic E-state index is 0.512. The summed E-state index contributed by atoms with van der Waals surface area (Å²) >= 11 is 0. The molecule has 1 rings (SSSR count). The van der Waals surface area contributed by atoms with Crippen LogP contribution in [0.15, 0.2) is 12.1 Å². The summed E-state index contributed by atoms with van der Waals surface area (Å²) in [5, 5.41) is 0. The highest BCUT2D eigenvalue weighted by molar-refractivity contribution is 5.66. The van der Waals surface area contributed by atoms with Crippen molar-refractivity contribution in [3.8, 4) is 11.5 Å². The van der Waals surface area contributed by atoms with Crippen LogP contribution in [0, 0.1) is 13.8 Å². The number of methoxy groups -OCH3 is 2. The Morgan fingerprint density at radius 3 is 2.31 bits per heavy atom. The zero-order valence-electron chi connectivity index (χ0n) is 10.3. The van der Waals surface area contributed by atoms with Gasteiger partial charge in [0.15, 0.2) is 11.5 Å². The number of benzene rings is 1. The summed E-state index contributed by atoms with van der Waals surface area (Å²) < 4.78 is 10.8. The smallest absolute Gasteiger partial charge is 0.168 e. The van der Waals surface area contributed by atoms with Crippen LogP contribution in [0.4, 0.5) is 0 Å². The molecule has 0 radical (unpaired) electrons. The van der Waals surface area contributed by atoms with Gasteiger partial charge in [0.25, 0.3) is 0 Å². The average Bonchev–Trinajstić information content (AvgIpc) is 2.29. The maximum atomic E-state index is 5.45. The number of rotatable bonds is 4. The molecule has 0 bridgehead atoms. The van der Waals surface area contributed by atoms with E-state index >= 15 is 0 Å². The van der Waals surface area contributed by atoms with Gasteiger partial charge in [-0.2, -0.15) is 0 Å². The fraction of sp³-hybridized carbons (Fsp3) is 0.385. The molecule has 0 atom stereocenters. The zero-order chi connectivity index (χ0) is 12.1. The molecule has 0 heterocycles. The van der Waals surface area contributed by atoms with Crippen molar-refractivity contribution in [3.05, 3.63) is 28.8 Å². The van der Waals surface area contributed by atoms with Crippen LogP contribution < -0.4 is 15.2 Å². The Balaban J connectivity index is 3.37. The fourth-order valence-corrected chi connectivity index (χ4v) is 1.66. The third kappa shape index (κ3) is 2.36. The van der Waals surface area contributed by atoms with Gasteiger partial charge in [0.1, 0.15) is 0 Å². The third-order valence-corrected chi connectivity index (χ3v) is 2.61. The normalized spacial score (nSPS) is 10.8. The molecule has 1 aromatic carbocycles. The van der Waals surface area contributed by atoms with Gasteiger partial charge in [-0.3, -0.25) is 0 Å². The summed E-state index contributed by atoms with van der Waals surface area (Å²) in [6, 6.07) is 2.07. The topological polar surface area (TPSA) is 44.5 Å². The Hall–Kier alpha value is -1.48. The van der Waals surface area contributed by atoms with Crippen LogP contribution in [-0.4, -0.2) is 20.8 Å². The maximum Gasteiger partial charge on any atom is 0.168 e. The molecule has 3 heteroatoms. The highest BCUT2D eigenvalue weighted by Gasteiger charge is 2.13. The summed E-state index contributed by atoms with van der Waals surface area (Å²) in [4.78, 5) is 0. The first-order valence-electron chi connectivity index (χ1n) is 5.24. The summed E-state index contributed by atoms with van der Waals surface area (Å²) in [5.74, 6) is 1.55. The van der Waals surface area contributed by atoms with E-state index in [1.54, 1.807) is 14.2 Å². The minimum Gasteiger partial charge on any atom is -0.493 e. The van der Waals surface area contributed by atoms with E-state index in [0.717, 1.165) is 22.6 Å². The molecule has 0 unspecified atom stereocenters. The summed E-state index contributed by atoms with van der Waals surface area (Å²) in [7, 11) is 3.30. The van der Waals surface area contributed by atoms with Crippen molar-refractivity contribution >= 4 is 6.08 Å². The van der Waals surface area contributed by atoms with Crippen molar-refractivity contribution in [1.29, 1.82) is 0 Å². The molecule has 0 fully saturated rings. The standard InChI is InChI=1S/C13H19NO2/c1-9-8-11(6-5-7-14)13(16-4)12(15-3)10(9)2/h5-6,8H,7,14H2,1-4H3/b6-5+. The second-order valence-corrected chi connectivity index (χ2v) is 3.61. The van der Waals surface area contributed by atoms with E-state index in [0.29, 0.717) is 6.54 Å². The molecule has 0 amide bonds. The Morgan fingerprint density at radius 2 is 1.81 bits per heavy atom. The maximum absolute atomic E-state index is 5.45. The number of aryl methyl sites for hydroxylation is 1. The van der Waals surface area contributed by atoms with E-state index in [1.807, 2.05) is 19.1 Å². The van der Waals surface area contributed by atoms with Crippen LogP contribution in [0.1, 0.15) is 16.7 Å². The largest absolute Gasteiger partial charge is 0.493 e. The Morgan fingerprint density at radius 1 is 1.19 bits per heavy atom. The van der Waals surface area contributed by atoms with Crippen molar-refractivity contribution in [3.63, 3.8) is 0 Å². The summed E-state index contributed by atoms with van der Waals surface area (Å²) in [6.07, 6.45) is 3.85. The van der Waals surface area contributed by atoms with Crippen molar-refractivity contribution in [1.82, 2.24) is 0 Å². The number of hydrogen-bond donors (Lipinski definition) is 1. The average molecular weight is 221 g/mol. The quantitative estimate of drug-likeness (QED) is 0.848. The molecule has 0 aliphatic heterocycles. The number of nitrogens with two attached hydrogens (primary N) is 1. The minimum atomic E-state index is 0.512. The first-order valence-corrected chi connectivity index (χ1v) is 5.24. The second-order valence-electron chi connectivity index (χ2n) is 3.61. The van der Waals surface area contributed by atoms with Crippen molar-refractivity contribution < 1.29 is 9.47 Å². The van der Waals surface area contributed by atoms with Crippen LogP contribution in [-0.2, 0) is 0 Å². The Bertz CT molecular complexity index is 397. The highest BCUT2D eigenvalue weighted by Crippen LogP contribution is 2.37. The molecule has 2 N–H and O–H groups in total. The van der Waals surface area contributed by atoms with Gasteiger partial charge >= 0.3 is 0 Å². The molecule has 0 aliphatic carbocycles. The van der Waals surface area contributed by atoms with Gasteiger partial charge in [0.2, 0.25) is 0 Å². The van der Waals surface area contributed by atoms with Gasteiger partial charge in [0, 0.05) is 12.1 Å². The lowest BCUT2D eigenvalue weighted by Gasteiger charge is -2.15. The lowest BCUT2D eigenvalue weighted by molar-refractivity contribution is 0.352. The van der Waals surface area contributed by atoms with Gasteiger partial charge in [-0.15, -0.1) is 0 Å². The predicted octanol–water partition coefficient (Wildman–Crippen LogP) is 2.29. The molecular weight excluding hydrogens is 202 g/mol. The highest BCUT2D eigenvalue weighted by atomic mass is 16.5. The zero-order valence-corrected chi connectivity index (χ0v) is 10.3. The molecular formula is C13H19NO2. The molecule has 16 heavy (non-hydrogen) atoms. The fourth-order valence-electron chi connectivity index (χ4n) is 1.66. The van der Waals surface area contributed by atoms with E-state index in [9.17, 15) is 0 Å². The van der Waals surface area contributed by atoms with E-state index in [4.69, 9.17) is 15.2 Å². The predicted molar refractivity (Wildman–Crippen MR) is 67.1 cm³/mol. The molecule has 1 aromatic rings. The molecule has 0 saturated heterocycles. The van der Waals surface area contributed by atoms with E-state index in [1.165, 1.54) is 5.56 Å². The molecule has 0 aromatic heterocycles. The second kappa shape index (κ2) is 5.56. The third-order valence-electron chi connectivity index (χ3n) is 2.61. The SMILES string of the molecule is COc1c(/C=C/CN)cc(C)c(C)c1OC. The van der Waals surface area contributed by atoms with Crippen LogP contribution in [0.2, 0.25) is 0 Å². The Labute approximate surface area is 96.9 Å². The van der Waals surface area contributed by atoms with Gasteiger partial charge in [-0.05, 0) is 31.0 Å².